The van der Waals surface area contributed by atoms with Gasteiger partial charge in [-0.25, -0.2) is 14.8 Å². The number of nitrogens with one attached hydrogen (secondary N) is 1. The lowest BCUT2D eigenvalue weighted by Gasteiger charge is -2.18. The predicted molar refractivity (Wildman–Crippen MR) is 134 cm³/mol. The van der Waals surface area contributed by atoms with Gasteiger partial charge < -0.3 is 26.0 Å². The number of aliphatic carboxylic acids is 1. The van der Waals surface area contributed by atoms with Gasteiger partial charge >= 0.3 is 12.1 Å². The molecule has 1 aliphatic rings. The van der Waals surface area contributed by atoms with Gasteiger partial charge in [-0.3, -0.25) is 9.48 Å². The summed E-state index contributed by atoms with van der Waals surface area (Å²) in [5.41, 5.74) is 10.7. The van der Waals surface area contributed by atoms with Crippen molar-refractivity contribution in [2.45, 2.75) is 38.4 Å². The van der Waals surface area contributed by atoms with Gasteiger partial charge in [-0.15, -0.1) is 0 Å². The Kier molecular flexibility index (Phi) is 9.95. The quantitative estimate of drug-likeness (QED) is 0.292. The molecule has 3 aromatic rings. The molecule has 0 spiro atoms. The summed E-state index contributed by atoms with van der Waals surface area (Å²) in [7, 11) is 1.63. The number of alkyl halides is 3. The van der Waals surface area contributed by atoms with Crippen molar-refractivity contribution >= 4 is 11.9 Å². The number of amides is 1. The number of carboxylic acid groups (broad SMARTS) is 1. The average molecular weight is 551 g/mol. The number of carbonyl (C=O) groups excluding carboxylic acids is 1. The van der Waals surface area contributed by atoms with Crippen LogP contribution in [0, 0.1) is 0 Å². The van der Waals surface area contributed by atoms with E-state index in [1.54, 1.807) is 7.11 Å². The number of ether oxygens (including phenoxy) is 1. The lowest BCUT2D eigenvalue weighted by molar-refractivity contribution is -0.192. The van der Waals surface area contributed by atoms with Crippen molar-refractivity contribution in [2.24, 2.45) is 5.73 Å². The Morgan fingerprint density at radius 1 is 1.18 bits per heavy atom. The molecule has 210 valence electrons. The molecule has 1 aromatic carbocycles. The molecule has 14 heteroatoms. The molecular formula is C25H29F3N6O5. The third kappa shape index (κ3) is 7.29. The zero-order chi connectivity index (χ0) is 28.6. The van der Waals surface area contributed by atoms with Gasteiger partial charge in [-0.2, -0.15) is 18.3 Å². The number of nitrogens with two attached hydrogens (primary N) is 1. The summed E-state index contributed by atoms with van der Waals surface area (Å²) < 4.78 is 38.8. The molecule has 0 atom stereocenters. The zero-order valence-electron chi connectivity index (χ0n) is 21.2. The van der Waals surface area contributed by atoms with E-state index in [4.69, 9.17) is 30.5 Å². The highest BCUT2D eigenvalue weighted by molar-refractivity contribution is 5.96. The summed E-state index contributed by atoms with van der Waals surface area (Å²) in [6.07, 6.45) is -0.537. The summed E-state index contributed by atoms with van der Waals surface area (Å²) in [6.45, 7) is 1.56. The molecule has 1 aliphatic carbocycles. The number of aryl methyl sites for hydroxylation is 2. The molecule has 0 aliphatic heterocycles. The number of aromatic nitrogens is 4. The van der Waals surface area contributed by atoms with Gasteiger partial charge in [-0.05, 0) is 62.1 Å². The van der Waals surface area contributed by atoms with Gasteiger partial charge in [0.25, 0.3) is 5.91 Å². The number of rotatable bonds is 9. The summed E-state index contributed by atoms with van der Waals surface area (Å²) in [5.74, 6) is -1.60. The zero-order valence-corrected chi connectivity index (χ0v) is 21.2. The molecule has 2 heterocycles. The van der Waals surface area contributed by atoms with Gasteiger partial charge in [0, 0.05) is 37.0 Å². The van der Waals surface area contributed by atoms with E-state index in [-0.39, 0.29) is 12.5 Å². The minimum absolute atomic E-state index is 0.0295. The summed E-state index contributed by atoms with van der Waals surface area (Å²) in [6, 6.07) is 7.61. The van der Waals surface area contributed by atoms with Crippen LogP contribution >= 0.6 is 0 Å². The molecule has 0 saturated heterocycles. The number of aliphatic hydroxyl groups excluding tert-OH is 1. The largest absolute Gasteiger partial charge is 0.497 e. The predicted octanol–water partition coefficient (Wildman–Crippen LogP) is 2.21. The molecule has 0 radical (unpaired) electrons. The molecule has 39 heavy (non-hydrogen) atoms. The first-order valence-corrected chi connectivity index (χ1v) is 12.1. The number of hydrogen-bond donors (Lipinski definition) is 4. The van der Waals surface area contributed by atoms with Crippen molar-refractivity contribution in [1.82, 2.24) is 25.1 Å². The second-order valence-corrected chi connectivity index (χ2v) is 8.47. The molecule has 0 unspecified atom stereocenters. The van der Waals surface area contributed by atoms with Gasteiger partial charge in [0.2, 0.25) is 0 Å². The molecule has 0 bridgehead atoms. The summed E-state index contributed by atoms with van der Waals surface area (Å²) in [5, 5.41) is 23.6. The third-order valence-electron chi connectivity index (χ3n) is 5.78. The number of methoxy groups -OCH3 is 1. The van der Waals surface area contributed by atoms with Crippen LogP contribution in [-0.2, 0) is 24.2 Å². The molecule has 11 nitrogen and oxygen atoms in total. The maximum absolute atomic E-state index is 12.8. The van der Waals surface area contributed by atoms with Crippen LogP contribution in [0.4, 0.5) is 13.2 Å². The average Bonchev–Trinajstić information content (AvgIpc) is 3.30. The van der Waals surface area contributed by atoms with Crippen molar-refractivity contribution < 1.29 is 37.7 Å². The van der Waals surface area contributed by atoms with Crippen LogP contribution in [-0.4, -0.2) is 74.8 Å². The number of aliphatic hydroxyl groups is 1. The Labute approximate surface area is 221 Å². The summed E-state index contributed by atoms with van der Waals surface area (Å²) in [4.78, 5) is 31.2. The Morgan fingerprint density at radius 2 is 1.87 bits per heavy atom. The molecule has 1 amide bonds. The minimum atomic E-state index is -5.08. The lowest BCUT2D eigenvalue weighted by Crippen LogP contribution is -2.26. The van der Waals surface area contributed by atoms with E-state index < -0.39 is 12.1 Å². The van der Waals surface area contributed by atoms with Gasteiger partial charge in [0.15, 0.2) is 11.5 Å². The smallest absolute Gasteiger partial charge is 0.490 e. The van der Waals surface area contributed by atoms with E-state index in [1.807, 2.05) is 35.1 Å². The van der Waals surface area contributed by atoms with E-state index in [0.717, 1.165) is 46.7 Å². The number of nitrogens with zero attached hydrogens (tertiary/aromatic N) is 4. The Morgan fingerprint density at radius 3 is 2.46 bits per heavy atom. The van der Waals surface area contributed by atoms with Gasteiger partial charge in [-0.1, -0.05) is 0 Å². The number of fused-ring (bicyclic) bond motifs is 3. The molecule has 2 aromatic heterocycles. The van der Waals surface area contributed by atoms with E-state index in [2.05, 4.69) is 15.4 Å². The number of carboxylic acids is 1. The monoisotopic (exact) mass is 550 g/mol. The molecule has 5 N–H and O–H groups in total. The van der Waals surface area contributed by atoms with Crippen molar-refractivity contribution in [1.29, 1.82) is 0 Å². The standard InChI is InChI=1S/C23H28N6O3.C2HF3O2/c1-32-17-7-4-15(5-8-17)22-26-14-16-6-9-18-20(23(31)25-11-3-13-30)28-29(12-2-10-24)21(18)19(16)27-22;3-2(4,5)1(6)7/h4-5,7-8,14,30H,2-3,6,9-13,24H2,1H3,(H,25,31);(H,6,7). The Hall–Kier alpha value is -4.04. The van der Waals surface area contributed by atoms with Crippen LogP contribution in [0.3, 0.4) is 0 Å². The first-order valence-electron chi connectivity index (χ1n) is 12.1. The van der Waals surface area contributed by atoms with Crippen molar-refractivity contribution in [3.63, 3.8) is 0 Å². The van der Waals surface area contributed by atoms with Crippen molar-refractivity contribution in [3.05, 3.63) is 47.3 Å². The number of hydrogen-bond acceptors (Lipinski definition) is 8. The van der Waals surface area contributed by atoms with Crippen LogP contribution in [0.25, 0.3) is 22.8 Å². The minimum Gasteiger partial charge on any atom is -0.497 e. The first kappa shape index (κ1) is 29.5. The maximum Gasteiger partial charge on any atom is 0.490 e. The molecular weight excluding hydrogens is 521 g/mol. The second kappa shape index (κ2) is 13.2. The SMILES string of the molecule is COc1ccc(-c2ncc3c(n2)-c2c(c(C(=O)NCCCO)nn2CCCN)CC3)cc1.O=C(O)C(F)(F)F. The van der Waals surface area contributed by atoms with Gasteiger partial charge in [0.05, 0.1) is 18.5 Å². The number of benzene rings is 1. The fourth-order valence-corrected chi connectivity index (χ4v) is 3.88. The highest BCUT2D eigenvalue weighted by Gasteiger charge is 2.38. The first-order chi connectivity index (χ1) is 18.6. The van der Waals surface area contributed by atoms with Gasteiger partial charge in [0.1, 0.15) is 5.75 Å². The Balaban J connectivity index is 0.000000532. The van der Waals surface area contributed by atoms with Crippen LogP contribution in [0.1, 0.15) is 34.5 Å². The Bertz CT molecular complexity index is 1290. The van der Waals surface area contributed by atoms with Crippen LogP contribution in [0.2, 0.25) is 0 Å². The van der Waals surface area contributed by atoms with Crippen LogP contribution in [0.5, 0.6) is 5.75 Å². The fourth-order valence-electron chi connectivity index (χ4n) is 3.88. The van der Waals surface area contributed by atoms with Crippen molar-refractivity contribution in [3.8, 4) is 28.5 Å². The molecule has 0 fully saturated rings. The van der Waals surface area contributed by atoms with E-state index in [0.29, 0.717) is 44.0 Å². The highest BCUT2D eigenvalue weighted by Crippen LogP contribution is 2.35. The lowest BCUT2D eigenvalue weighted by atomic mass is 9.93. The molecule has 0 saturated carbocycles. The maximum atomic E-state index is 12.8. The third-order valence-corrected chi connectivity index (χ3v) is 5.78. The van der Waals surface area contributed by atoms with E-state index in [9.17, 15) is 18.0 Å². The van der Waals surface area contributed by atoms with E-state index in [1.165, 1.54) is 0 Å². The topological polar surface area (TPSA) is 165 Å². The molecule has 4 rings (SSSR count). The highest BCUT2D eigenvalue weighted by atomic mass is 19.4. The number of halogens is 3. The van der Waals surface area contributed by atoms with Crippen molar-refractivity contribution in [2.75, 3.05) is 26.8 Å². The summed E-state index contributed by atoms with van der Waals surface area (Å²) >= 11 is 0. The second-order valence-electron chi connectivity index (χ2n) is 8.47. The number of carbonyl (C=O) groups is 2. The van der Waals surface area contributed by atoms with E-state index >= 15 is 0 Å². The normalized spacial score (nSPS) is 12.1. The van der Waals surface area contributed by atoms with Crippen LogP contribution in [0.15, 0.2) is 30.5 Å². The van der Waals surface area contributed by atoms with Crippen LogP contribution < -0.4 is 15.8 Å². The fraction of sp³-hybridized carbons (Fsp3) is 0.400.